The third-order valence-corrected chi connectivity index (χ3v) is 2.96. The molecule has 1 heterocycles. The number of rotatable bonds is 4. The molecule has 2 rings (SSSR count). The van der Waals surface area contributed by atoms with Crippen molar-refractivity contribution in [3.8, 4) is 0 Å². The van der Waals surface area contributed by atoms with Gasteiger partial charge < -0.3 is 5.11 Å². The van der Waals surface area contributed by atoms with Crippen LogP contribution >= 0.6 is 0 Å². The summed E-state index contributed by atoms with van der Waals surface area (Å²) < 4.78 is 0. The molecule has 2 aromatic rings. The van der Waals surface area contributed by atoms with Crippen molar-refractivity contribution < 1.29 is 5.11 Å². The van der Waals surface area contributed by atoms with E-state index in [2.05, 4.69) is 48.1 Å². The van der Waals surface area contributed by atoms with Gasteiger partial charge in [-0.25, -0.2) is 9.97 Å². The van der Waals surface area contributed by atoms with Gasteiger partial charge in [-0.05, 0) is 23.1 Å². The lowest BCUT2D eigenvalue weighted by Crippen LogP contribution is -2.06. The van der Waals surface area contributed by atoms with Gasteiger partial charge in [-0.2, -0.15) is 0 Å². The van der Waals surface area contributed by atoms with E-state index in [-0.39, 0.29) is 0 Å². The quantitative estimate of drug-likeness (QED) is 0.896. The molecule has 0 bridgehead atoms. The van der Waals surface area contributed by atoms with Gasteiger partial charge >= 0.3 is 0 Å². The van der Waals surface area contributed by atoms with E-state index >= 15 is 0 Å². The Morgan fingerprint density at radius 3 is 2.22 bits per heavy atom. The average molecular weight is 242 g/mol. The molecular formula is C15H18N2O. The predicted octanol–water partition coefficient (Wildman–Crippen LogP) is 2.88. The standard InChI is InChI=1S/C15H18N2O/c1-11(2)13-6-4-12(5-7-13)10-14(18)15-16-8-3-9-17-15/h3-9,11,14,18H,10H2,1-2H3. The van der Waals surface area contributed by atoms with Gasteiger partial charge in [-0.1, -0.05) is 38.1 Å². The van der Waals surface area contributed by atoms with Crippen LogP contribution in [0.15, 0.2) is 42.7 Å². The summed E-state index contributed by atoms with van der Waals surface area (Å²) in [4.78, 5) is 8.12. The number of benzene rings is 1. The topological polar surface area (TPSA) is 46.0 Å². The second-order valence-electron chi connectivity index (χ2n) is 4.72. The molecule has 1 aromatic heterocycles. The molecule has 1 atom stereocenters. The zero-order valence-electron chi connectivity index (χ0n) is 10.7. The molecule has 3 heteroatoms. The van der Waals surface area contributed by atoms with Crippen LogP contribution in [0.1, 0.15) is 42.8 Å². The van der Waals surface area contributed by atoms with Crippen LogP contribution in [0.25, 0.3) is 0 Å². The Labute approximate surface area is 108 Å². The maximum atomic E-state index is 10.0. The summed E-state index contributed by atoms with van der Waals surface area (Å²) in [5, 5.41) is 10.0. The van der Waals surface area contributed by atoms with Gasteiger partial charge in [0.15, 0.2) is 5.82 Å². The van der Waals surface area contributed by atoms with Crippen molar-refractivity contribution in [1.82, 2.24) is 9.97 Å². The van der Waals surface area contributed by atoms with Gasteiger partial charge in [0.25, 0.3) is 0 Å². The smallest absolute Gasteiger partial charge is 0.157 e. The normalized spacial score (nSPS) is 12.7. The Morgan fingerprint density at radius 1 is 1.06 bits per heavy atom. The van der Waals surface area contributed by atoms with Crippen LogP contribution in [0.2, 0.25) is 0 Å². The Hall–Kier alpha value is -1.74. The Balaban J connectivity index is 2.05. The van der Waals surface area contributed by atoms with Crippen LogP contribution < -0.4 is 0 Å². The maximum absolute atomic E-state index is 10.0. The summed E-state index contributed by atoms with van der Waals surface area (Å²) in [7, 11) is 0. The maximum Gasteiger partial charge on any atom is 0.157 e. The molecular weight excluding hydrogens is 224 g/mol. The fourth-order valence-electron chi connectivity index (χ4n) is 1.84. The Bertz CT molecular complexity index is 480. The minimum atomic E-state index is -0.643. The third-order valence-electron chi connectivity index (χ3n) is 2.96. The highest BCUT2D eigenvalue weighted by Crippen LogP contribution is 2.18. The molecule has 1 N–H and O–H groups in total. The second kappa shape index (κ2) is 5.74. The Morgan fingerprint density at radius 2 is 1.67 bits per heavy atom. The summed E-state index contributed by atoms with van der Waals surface area (Å²) in [6.45, 7) is 4.34. The largest absolute Gasteiger partial charge is 0.385 e. The van der Waals surface area contributed by atoms with E-state index in [0.29, 0.717) is 18.2 Å². The average Bonchev–Trinajstić information content (AvgIpc) is 2.40. The van der Waals surface area contributed by atoms with Crippen molar-refractivity contribution >= 4 is 0 Å². The van der Waals surface area contributed by atoms with Crippen molar-refractivity contribution in [1.29, 1.82) is 0 Å². The fraction of sp³-hybridized carbons (Fsp3) is 0.333. The zero-order chi connectivity index (χ0) is 13.0. The number of aromatic nitrogens is 2. The molecule has 0 radical (unpaired) electrons. The molecule has 3 nitrogen and oxygen atoms in total. The van der Waals surface area contributed by atoms with Crippen LogP contribution in [0.3, 0.4) is 0 Å². The lowest BCUT2D eigenvalue weighted by Gasteiger charge is -2.10. The van der Waals surface area contributed by atoms with E-state index in [4.69, 9.17) is 0 Å². The van der Waals surface area contributed by atoms with Gasteiger partial charge in [0.1, 0.15) is 6.10 Å². The fourth-order valence-corrected chi connectivity index (χ4v) is 1.84. The van der Waals surface area contributed by atoms with Crippen molar-refractivity contribution in [2.45, 2.75) is 32.3 Å². The van der Waals surface area contributed by atoms with Gasteiger partial charge in [0, 0.05) is 18.8 Å². The van der Waals surface area contributed by atoms with E-state index in [0.717, 1.165) is 5.56 Å². The van der Waals surface area contributed by atoms with Crippen molar-refractivity contribution in [2.24, 2.45) is 0 Å². The van der Waals surface area contributed by atoms with Crippen LogP contribution in [-0.2, 0) is 6.42 Å². The van der Waals surface area contributed by atoms with Gasteiger partial charge in [0.2, 0.25) is 0 Å². The number of aliphatic hydroxyl groups is 1. The molecule has 1 unspecified atom stereocenters. The van der Waals surface area contributed by atoms with Gasteiger partial charge in [-0.3, -0.25) is 0 Å². The number of nitrogens with zero attached hydrogens (tertiary/aromatic N) is 2. The molecule has 0 aliphatic rings. The zero-order valence-corrected chi connectivity index (χ0v) is 10.7. The highest BCUT2D eigenvalue weighted by Gasteiger charge is 2.11. The van der Waals surface area contributed by atoms with E-state index < -0.39 is 6.10 Å². The monoisotopic (exact) mass is 242 g/mol. The van der Waals surface area contributed by atoms with E-state index in [1.165, 1.54) is 5.56 Å². The third kappa shape index (κ3) is 3.14. The van der Waals surface area contributed by atoms with Crippen molar-refractivity contribution in [2.75, 3.05) is 0 Å². The van der Waals surface area contributed by atoms with Crippen molar-refractivity contribution in [3.63, 3.8) is 0 Å². The summed E-state index contributed by atoms with van der Waals surface area (Å²) >= 11 is 0. The van der Waals surface area contributed by atoms with Crippen LogP contribution in [0, 0.1) is 0 Å². The predicted molar refractivity (Wildman–Crippen MR) is 71.2 cm³/mol. The highest BCUT2D eigenvalue weighted by molar-refractivity contribution is 5.25. The van der Waals surface area contributed by atoms with Gasteiger partial charge in [0.05, 0.1) is 0 Å². The second-order valence-corrected chi connectivity index (χ2v) is 4.72. The molecule has 0 saturated heterocycles. The summed E-state index contributed by atoms with van der Waals surface area (Å²) in [5.41, 5.74) is 2.41. The van der Waals surface area contributed by atoms with E-state index in [1.807, 2.05) is 0 Å². The summed E-state index contributed by atoms with van der Waals surface area (Å²) in [5.74, 6) is 1.01. The molecule has 0 saturated carbocycles. The summed E-state index contributed by atoms with van der Waals surface area (Å²) in [6.07, 6.45) is 3.19. The first kappa shape index (κ1) is 12.7. The molecule has 0 fully saturated rings. The first-order valence-electron chi connectivity index (χ1n) is 6.20. The number of hydrogen-bond acceptors (Lipinski definition) is 3. The highest BCUT2D eigenvalue weighted by atomic mass is 16.3. The van der Waals surface area contributed by atoms with Gasteiger partial charge in [-0.15, -0.1) is 0 Å². The molecule has 0 amide bonds. The SMILES string of the molecule is CC(C)c1ccc(CC(O)c2ncccn2)cc1. The molecule has 18 heavy (non-hydrogen) atoms. The number of aliphatic hydroxyl groups excluding tert-OH is 1. The van der Waals surface area contributed by atoms with E-state index in [1.54, 1.807) is 18.5 Å². The lowest BCUT2D eigenvalue weighted by molar-refractivity contribution is 0.168. The van der Waals surface area contributed by atoms with Crippen LogP contribution in [-0.4, -0.2) is 15.1 Å². The molecule has 0 aliphatic heterocycles. The number of hydrogen-bond donors (Lipinski definition) is 1. The minimum Gasteiger partial charge on any atom is -0.385 e. The van der Waals surface area contributed by atoms with E-state index in [9.17, 15) is 5.11 Å². The van der Waals surface area contributed by atoms with Crippen LogP contribution in [0.5, 0.6) is 0 Å². The molecule has 94 valence electrons. The Kier molecular flexibility index (Phi) is 4.05. The first-order valence-corrected chi connectivity index (χ1v) is 6.20. The first-order chi connectivity index (χ1) is 8.66. The lowest BCUT2D eigenvalue weighted by atomic mass is 9.99. The van der Waals surface area contributed by atoms with Crippen molar-refractivity contribution in [3.05, 3.63) is 59.7 Å². The van der Waals surface area contributed by atoms with Crippen LogP contribution in [0.4, 0.5) is 0 Å². The molecule has 1 aromatic carbocycles. The molecule has 0 aliphatic carbocycles. The molecule has 0 spiro atoms. The summed E-state index contributed by atoms with van der Waals surface area (Å²) in [6, 6.07) is 10.1. The minimum absolute atomic E-state index is 0.477.